The number of nitrogens with one attached hydrogen (secondary N) is 3. The Hall–Kier alpha value is -4.23. The molecule has 50 heavy (non-hydrogen) atoms. The Balaban J connectivity index is 1.34. The topological polar surface area (TPSA) is 151 Å². The van der Waals surface area contributed by atoms with Crippen molar-refractivity contribution in [2.45, 2.75) is 96.4 Å². The van der Waals surface area contributed by atoms with Crippen molar-refractivity contribution in [2.24, 2.45) is 5.92 Å². The van der Waals surface area contributed by atoms with Crippen LogP contribution in [-0.2, 0) is 4.74 Å². The molecule has 4 N–H and O–H groups in total. The van der Waals surface area contributed by atoms with Gasteiger partial charge in [-0.3, -0.25) is 4.79 Å². The van der Waals surface area contributed by atoms with E-state index >= 15 is 0 Å². The molecule has 3 aliphatic rings. The number of nitrogens with zero attached hydrogens (tertiary/aromatic N) is 2. The first-order chi connectivity index (χ1) is 24.1. The molecule has 0 radical (unpaired) electrons. The number of carbonyl (C=O) groups excluding carboxylic acids is 3. The van der Waals surface area contributed by atoms with Crippen molar-refractivity contribution in [3.63, 3.8) is 0 Å². The van der Waals surface area contributed by atoms with Crippen LogP contribution in [0.15, 0.2) is 36.4 Å². The number of amides is 5. The number of rotatable bonds is 7. The zero-order valence-electron chi connectivity index (χ0n) is 29.7. The highest BCUT2D eigenvalue weighted by Crippen LogP contribution is 2.34. The van der Waals surface area contributed by atoms with E-state index in [0.29, 0.717) is 41.8 Å². The second kappa shape index (κ2) is 17.6. The van der Waals surface area contributed by atoms with Crippen molar-refractivity contribution in [3.05, 3.63) is 42.0 Å². The molecule has 0 spiro atoms. The summed E-state index contributed by atoms with van der Waals surface area (Å²) in [4.78, 5) is 43.9. The number of ether oxygens (including phenoxy) is 4. The Morgan fingerprint density at radius 2 is 1.62 bits per heavy atom. The molecule has 0 unspecified atom stereocenters. The number of carbonyl (C=O) groups is 3. The molecule has 274 valence electrons. The van der Waals surface area contributed by atoms with Crippen molar-refractivity contribution < 1.29 is 38.4 Å². The van der Waals surface area contributed by atoms with Crippen LogP contribution >= 0.6 is 0 Å². The van der Waals surface area contributed by atoms with Gasteiger partial charge in [0.05, 0.1) is 30.4 Å². The average Bonchev–Trinajstić information content (AvgIpc) is 3.58. The maximum Gasteiger partial charge on any atom is 0.323 e. The molecule has 5 rings (SSSR count). The highest BCUT2D eigenvalue weighted by Gasteiger charge is 2.31. The van der Waals surface area contributed by atoms with E-state index in [4.69, 9.17) is 18.9 Å². The summed E-state index contributed by atoms with van der Waals surface area (Å²) in [5.74, 6) is 1.02. The molecule has 2 aromatic carbocycles. The zero-order valence-corrected chi connectivity index (χ0v) is 29.7. The van der Waals surface area contributed by atoms with Crippen LogP contribution in [0.2, 0.25) is 0 Å². The fraction of sp³-hybridized carbons (Fsp3) is 0.595. The third-order valence-electron chi connectivity index (χ3n) is 9.67. The number of urea groups is 2. The summed E-state index contributed by atoms with van der Waals surface area (Å²) < 4.78 is 23.5. The van der Waals surface area contributed by atoms with Crippen LogP contribution in [0.3, 0.4) is 0 Å². The van der Waals surface area contributed by atoms with Gasteiger partial charge in [-0.1, -0.05) is 26.2 Å². The van der Waals surface area contributed by atoms with Crippen LogP contribution in [0.25, 0.3) is 0 Å². The minimum absolute atomic E-state index is 0.119. The highest BCUT2D eigenvalue weighted by molar-refractivity contribution is 6.02. The Bertz CT molecular complexity index is 1470. The first-order valence-electron chi connectivity index (χ1n) is 17.9. The number of hydrogen-bond donors (Lipinski definition) is 4. The van der Waals surface area contributed by atoms with E-state index in [1.807, 2.05) is 13.8 Å². The third kappa shape index (κ3) is 9.94. The molecule has 1 saturated carbocycles. The van der Waals surface area contributed by atoms with Gasteiger partial charge in [0.1, 0.15) is 5.75 Å². The van der Waals surface area contributed by atoms with Crippen molar-refractivity contribution in [1.29, 1.82) is 0 Å². The molecular weight excluding hydrogens is 642 g/mol. The SMILES string of the molecule is C[C@H](CO)N1C[C@H](C)[C@H](CN(C)C(=O)NC2CCCCC2)OCCCC[C@H](C)Oc2ccc(NC(=O)Nc3ccc4c(c3)OCO4)cc2C1=O. The zero-order chi connectivity index (χ0) is 35.6. The van der Waals surface area contributed by atoms with Gasteiger partial charge in [0, 0.05) is 56.1 Å². The lowest BCUT2D eigenvalue weighted by Crippen LogP contribution is -2.50. The number of benzene rings is 2. The van der Waals surface area contributed by atoms with Crippen molar-refractivity contribution in [2.75, 3.05) is 50.8 Å². The quantitative estimate of drug-likeness (QED) is 0.283. The number of aliphatic hydroxyl groups is 1. The minimum Gasteiger partial charge on any atom is -0.490 e. The van der Waals surface area contributed by atoms with Gasteiger partial charge >= 0.3 is 12.1 Å². The van der Waals surface area contributed by atoms with Crippen molar-refractivity contribution in [3.8, 4) is 17.2 Å². The number of aliphatic hydroxyl groups excluding tert-OH is 1. The normalized spacial score (nSPS) is 22.4. The van der Waals surface area contributed by atoms with E-state index in [0.717, 1.165) is 44.9 Å². The average molecular weight is 696 g/mol. The smallest absolute Gasteiger partial charge is 0.323 e. The van der Waals surface area contributed by atoms with Gasteiger partial charge in [0.2, 0.25) is 6.79 Å². The predicted molar refractivity (Wildman–Crippen MR) is 190 cm³/mol. The van der Waals surface area contributed by atoms with E-state index in [1.165, 1.54) is 6.42 Å². The lowest BCUT2D eigenvalue weighted by Gasteiger charge is -2.36. The molecule has 0 aromatic heterocycles. The molecule has 0 saturated heterocycles. The van der Waals surface area contributed by atoms with Crippen LogP contribution in [0.4, 0.5) is 21.0 Å². The van der Waals surface area contributed by atoms with Crippen molar-refractivity contribution >= 4 is 29.3 Å². The largest absolute Gasteiger partial charge is 0.490 e. The van der Waals surface area contributed by atoms with Gasteiger partial charge in [0.25, 0.3) is 5.91 Å². The summed E-state index contributed by atoms with van der Waals surface area (Å²) in [6.07, 6.45) is 7.35. The van der Waals surface area contributed by atoms with E-state index in [2.05, 4.69) is 16.0 Å². The summed E-state index contributed by atoms with van der Waals surface area (Å²) in [5.41, 5.74) is 1.18. The minimum atomic E-state index is -0.526. The molecule has 2 aliphatic heterocycles. The molecule has 1 aliphatic carbocycles. The van der Waals surface area contributed by atoms with Crippen LogP contribution in [0, 0.1) is 5.92 Å². The molecule has 2 heterocycles. The van der Waals surface area contributed by atoms with Crippen LogP contribution in [0.5, 0.6) is 17.2 Å². The summed E-state index contributed by atoms with van der Waals surface area (Å²) in [5, 5.41) is 19.1. The van der Waals surface area contributed by atoms with E-state index in [-0.39, 0.29) is 61.6 Å². The molecule has 1 fully saturated rings. The van der Waals surface area contributed by atoms with E-state index < -0.39 is 12.1 Å². The van der Waals surface area contributed by atoms with Crippen LogP contribution in [-0.4, -0.2) is 97.3 Å². The van der Waals surface area contributed by atoms with Gasteiger partial charge in [-0.15, -0.1) is 0 Å². The Kier molecular flexibility index (Phi) is 13.1. The molecule has 2 aromatic rings. The second-order valence-corrected chi connectivity index (χ2v) is 13.8. The number of likely N-dealkylation sites (N-methyl/N-ethyl adjacent to an activating group) is 1. The Morgan fingerprint density at radius 1 is 0.940 bits per heavy atom. The second-order valence-electron chi connectivity index (χ2n) is 13.8. The monoisotopic (exact) mass is 695 g/mol. The lowest BCUT2D eigenvalue weighted by atomic mass is 9.96. The molecule has 4 atom stereocenters. The fourth-order valence-electron chi connectivity index (χ4n) is 6.62. The standard InChI is InChI=1S/C37H53N5O8/c1-24-20-42(25(2)22-43)35(44)30-18-28(38-36(45)39-29-14-16-32-33(19-29)49-23-48-32)13-15-31(30)50-26(3)10-8-9-17-47-34(24)21-41(4)37(46)40-27-11-6-5-7-12-27/h13-16,18-19,24-27,34,43H,5-12,17,20-23H2,1-4H3,(H,40,46)(H2,38,39,45)/t24-,25+,26-,34-/m0/s1. The summed E-state index contributed by atoms with van der Waals surface area (Å²) in [7, 11) is 1.78. The maximum absolute atomic E-state index is 14.4. The molecule has 0 bridgehead atoms. The number of anilines is 2. The summed E-state index contributed by atoms with van der Waals surface area (Å²) in [6, 6.07) is 9.15. The number of fused-ring (bicyclic) bond motifs is 2. The van der Waals surface area contributed by atoms with Gasteiger partial charge in [-0.25, -0.2) is 9.59 Å². The fourth-order valence-corrected chi connectivity index (χ4v) is 6.62. The lowest BCUT2D eigenvalue weighted by molar-refractivity contribution is -0.0123. The Morgan fingerprint density at radius 3 is 2.36 bits per heavy atom. The Labute approximate surface area is 294 Å². The van der Waals surface area contributed by atoms with Crippen LogP contribution in [0.1, 0.15) is 82.5 Å². The molecule has 5 amide bonds. The summed E-state index contributed by atoms with van der Waals surface area (Å²) >= 11 is 0. The predicted octanol–water partition coefficient (Wildman–Crippen LogP) is 5.83. The van der Waals surface area contributed by atoms with Crippen molar-refractivity contribution in [1.82, 2.24) is 15.1 Å². The van der Waals surface area contributed by atoms with E-state index in [9.17, 15) is 19.5 Å². The molecular formula is C37H53N5O8. The van der Waals surface area contributed by atoms with Gasteiger partial charge in [0.15, 0.2) is 11.5 Å². The van der Waals surface area contributed by atoms with E-state index in [1.54, 1.807) is 60.2 Å². The maximum atomic E-state index is 14.4. The van der Waals surface area contributed by atoms with Gasteiger partial charge in [-0.05, 0) is 76.3 Å². The first-order valence-corrected chi connectivity index (χ1v) is 17.9. The van der Waals surface area contributed by atoms with Gasteiger partial charge < -0.3 is 49.8 Å². The molecule has 13 nitrogen and oxygen atoms in total. The number of hydrogen-bond acceptors (Lipinski definition) is 8. The summed E-state index contributed by atoms with van der Waals surface area (Å²) in [6.45, 7) is 6.77. The highest BCUT2D eigenvalue weighted by atomic mass is 16.7. The first kappa shape index (κ1) is 37.0. The molecule has 13 heteroatoms. The van der Waals surface area contributed by atoms with Gasteiger partial charge in [-0.2, -0.15) is 0 Å². The third-order valence-corrected chi connectivity index (χ3v) is 9.67. The van der Waals surface area contributed by atoms with Crippen LogP contribution < -0.4 is 30.2 Å².